The van der Waals surface area contributed by atoms with Gasteiger partial charge in [0, 0.05) is 29.6 Å². The van der Waals surface area contributed by atoms with Crippen LogP contribution in [0.1, 0.15) is 93.6 Å². The van der Waals surface area contributed by atoms with Gasteiger partial charge >= 0.3 is 0 Å². The third kappa shape index (κ3) is 8.17. The molecule has 2 aromatic rings. The zero-order valence-electron chi connectivity index (χ0n) is 27.3. The lowest BCUT2D eigenvalue weighted by atomic mass is 9.63. The van der Waals surface area contributed by atoms with E-state index in [1.807, 2.05) is 46.1 Å². The molecule has 7 atom stereocenters. The Morgan fingerprint density at radius 3 is 2.57 bits per heavy atom. The standard InChI is InChI=1S/C33H45ClN2O4S.C2H7N/c1-5-7-23-16-27(34)11-12-28(23)26-19-36-18-25-9-13-29(25)33(4,38)15-6-8-21(2)22(3)41(39)35-32(37)24-10-14-31(40-20-26)30(36)17-24;1-3-2/h10-12,14,16-17,21-22,25-26,29,38H,5-9,13,15,18-20H2,1-4H3,(H,35,37);3H,1-2H3/t21?,22?,25?,26?,29?,33-,41?;/m0./s1. The maximum atomic E-state index is 13.3. The van der Waals surface area contributed by atoms with Gasteiger partial charge in [0.2, 0.25) is 0 Å². The lowest BCUT2D eigenvalue weighted by Gasteiger charge is -2.48. The summed E-state index contributed by atoms with van der Waals surface area (Å²) in [6.07, 6.45) is 6.53. The molecular formula is C35H52ClN3O4S. The minimum absolute atomic E-state index is 0.123. The van der Waals surface area contributed by atoms with Crippen LogP contribution in [0.25, 0.3) is 0 Å². The second-order valence-corrected chi connectivity index (χ2v) is 15.3. The van der Waals surface area contributed by atoms with E-state index in [0.29, 0.717) is 18.1 Å². The van der Waals surface area contributed by atoms with Crippen LogP contribution in [-0.2, 0) is 17.4 Å². The molecule has 7 nitrogen and oxygen atoms in total. The van der Waals surface area contributed by atoms with Crippen LogP contribution in [0.3, 0.4) is 0 Å². The van der Waals surface area contributed by atoms with Crippen LogP contribution in [-0.4, -0.2) is 59.9 Å². The van der Waals surface area contributed by atoms with Crippen LogP contribution >= 0.6 is 11.6 Å². The predicted octanol–water partition coefficient (Wildman–Crippen LogP) is 6.49. The molecule has 2 aliphatic heterocycles. The minimum Gasteiger partial charge on any atom is -0.491 e. The van der Waals surface area contributed by atoms with E-state index >= 15 is 0 Å². The molecule has 9 heteroatoms. The maximum absolute atomic E-state index is 13.3. The third-order valence-corrected chi connectivity index (χ3v) is 11.6. The zero-order chi connectivity index (χ0) is 32.0. The van der Waals surface area contributed by atoms with E-state index < -0.39 is 16.6 Å². The van der Waals surface area contributed by atoms with Crippen molar-refractivity contribution in [3.05, 3.63) is 58.1 Å². The van der Waals surface area contributed by atoms with Gasteiger partial charge in [0.15, 0.2) is 0 Å². The molecular weight excluding hydrogens is 594 g/mol. The number of hydrogen-bond donors (Lipinski definition) is 3. The lowest BCUT2D eigenvalue weighted by molar-refractivity contribution is -0.0745. The summed E-state index contributed by atoms with van der Waals surface area (Å²) in [6, 6.07) is 11.7. The number of fused-ring (bicyclic) bond motifs is 2. The van der Waals surface area contributed by atoms with E-state index in [4.69, 9.17) is 16.3 Å². The van der Waals surface area contributed by atoms with E-state index in [0.717, 1.165) is 74.5 Å². The Bertz CT molecular complexity index is 1300. The van der Waals surface area contributed by atoms with E-state index in [1.165, 1.54) is 11.1 Å². The summed E-state index contributed by atoms with van der Waals surface area (Å²) in [7, 11) is 2.24. The number of halogens is 1. The fraction of sp³-hybridized carbons (Fsp3) is 0.629. The van der Waals surface area contributed by atoms with Crippen LogP contribution < -0.4 is 19.7 Å². The van der Waals surface area contributed by atoms with Gasteiger partial charge in [0.25, 0.3) is 5.91 Å². The number of aryl methyl sites for hydroxylation is 1. The molecule has 0 aromatic heterocycles. The van der Waals surface area contributed by atoms with Gasteiger partial charge in [-0.3, -0.25) is 9.52 Å². The summed E-state index contributed by atoms with van der Waals surface area (Å²) in [5.41, 5.74) is 3.13. The molecule has 0 spiro atoms. The van der Waals surface area contributed by atoms with Crippen LogP contribution in [0.4, 0.5) is 5.69 Å². The average Bonchev–Trinajstić information content (AvgIpc) is 3.13. The van der Waals surface area contributed by atoms with Gasteiger partial charge in [0.05, 0.1) is 23.1 Å². The topological polar surface area (TPSA) is 90.9 Å². The number of rotatable bonds is 3. The van der Waals surface area contributed by atoms with Crippen molar-refractivity contribution < 1.29 is 18.8 Å². The highest BCUT2D eigenvalue weighted by atomic mass is 35.5. The molecule has 2 aromatic carbocycles. The van der Waals surface area contributed by atoms with E-state index in [9.17, 15) is 14.1 Å². The van der Waals surface area contributed by atoms with Crippen LogP contribution in [0, 0.1) is 17.8 Å². The number of anilines is 1. The molecule has 0 radical (unpaired) electrons. The third-order valence-electron chi connectivity index (χ3n) is 9.85. The normalized spacial score (nSPS) is 30.8. The van der Waals surface area contributed by atoms with E-state index in [2.05, 4.69) is 40.9 Å². The van der Waals surface area contributed by atoms with Crippen molar-refractivity contribution in [3.63, 3.8) is 0 Å². The highest BCUT2D eigenvalue weighted by molar-refractivity contribution is 7.84. The summed E-state index contributed by atoms with van der Waals surface area (Å²) < 4.78 is 22.3. The van der Waals surface area contributed by atoms with Crippen LogP contribution in [0.5, 0.6) is 5.75 Å². The molecule has 0 saturated heterocycles. The number of benzene rings is 2. The Balaban J connectivity index is 0.00000141. The van der Waals surface area contributed by atoms with Crippen molar-refractivity contribution in [2.24, 2.45) is 17.8 Å². The Morgan fingerprint density at radius 2 is 1.89 bits per heavy atom. The Kier molecular flexibility index (Phi) is 12.2. The van der Waals surface area contributed by atoms with Gasteiger partial charge in [-0.15, -0.1) is 0 Å². The van der Waals surface area contributed by atoms with Gasteiger partial charge in [-0.25, -0.2) is 4.21 Å². The van der Waals surface area contributed by atoms with E-state index in [1.54, 1.807) is 6.07 Å². The molecule has 2 heterocycles. The Labute approximate surface area is 272 Å². The molecule has 1 fully saturated rings. The first-order valence-electron chi connectivity index (χ1n) is 16.3. The summed E-state index contributed by atoms with van der Waals surface area (Å²) in [6.45, 7) is 10.2. The molecule has 3 N–H and O–H groups in total. The Morgan fingerprint density at radius 1 is 1.14 bits per heavy atom. The molecule has 2 bridgehead atoms. The molecule has 1 aliphatic carbocycles. The molecule has 44 heavy (non-hydrogen) atoms. The van der Waals surface area contributed by atoms with Crippen LogP contribution in [0.2, 0.25) is 5.02 Å². The second-order valence-electron chi connectivity index (χ2n) is 13.3. The quantitative estimate of drug-likeness (QED) is 0.354. The van der Waals surface area contributed by atoms with Crippen molar-refractivity contribution in [2.75, 3.05) is 38.7 Å². The first-order valence-corrected chi connectivity index (χ1v) is 17.9. The molecule has 244 valence electrons. The monoisotopic (exact) mass is 645 g/mol. The SMILES string of the molecule is CCCc1cc(Cl)ccc1C1COc2ccc3cc2N(C1)CC1CCC1[C@@](C)(O)CCCC(C)C(C)S(=O)NC3=O.CNC. The molecule has 1 saturated carbocycles. The first kappa shape index (κ1) is 34.7. The van der Waals surface area contributed by atoms with Gasteiger partial charge in [0.1, 0.15) is 16.7 Å². The molecule has 5 rings (SSSR count). The highest BCUT2D eigenvalue weighted by Crippen LogP contribution is 2.46. The van der Waals surface area contributed by atoms with Crippen molar-refractivity contribution in [1.29, 1.82) is 0 Å². The molecule has 3 aliphatic rings. The zero-order valence-corrected chi connectivity index (χ0v) is 28.9. The maximum Gasteiger partial charge on any atom is 0.263 e. The van der Waals surface area contributed by atoms with Gasteiger partial charge in [-0.2, -0.15) is 0 Å². The smallest absolute Gasteiger partial charge is 0.263 e. The average molecular weight is 646 g/mol. The summed E-state index contributed by atoms with van der Waals surface area (Å²) in [5.74, 6) is 1.29. The molecule has 1 amide bonds. The van der Waals surface area contributed by atoms with E-state index in [-0.39, 0.29) is 28.9 Å². The largest absolute Gasteiger partial charge is 0.491 e. The summed E-state index contributed by atoms with van der Waals surface area (Å²) in [4.78, 5) is 15.7. The lowest BCUT2D eigenvalue weighted by Crippen LogP contribution is -2.49. The van der Waals surface area contributed by atoms with Crippen molar-refractivity contribution >= 4 is 34.2 Å². The second kappa shape index (κ2) is 15.4. The van der Waals surface area contributed by atoms with Gasteiger partial charge < -0.3 is 20.1 Å². The summed E-state index contributed by atoms with van der Waals surface area (Å²) >= 11 is 6.39. The van der Waals surface area contributed by atoms with Gasteiger partial charge in [-0.1, -0.05) is 44.4 Å². The molecule has 6 unspecified atom stereocenters. The number of amides is 1. The first-order chi connectivity index (χ1) is 21.0. The van der Waals surface area contributed by atoms with Crippen molar-refractivity contribution in [1.82, 2.24) is 10.0 Å². The van der Waals surface area contributed by atoms with Gasteiger partial charge in [-0.05, 0) is 119 Å². The number of hydrogen-bond acceptors (Lipinski definition) is 6. The fourth-order valence-electron chi connectivity index (χ4n) is 7.00. The Hall–Kier alpha value is -2.13. The highest BCUT2D eigenvalue weighted by Gasteiger charge is 2.44. The fourth-order valence-corrected chi connectivity index (χ4v) is 8.24. The van der Waals surface area contributed by atoms with Crippen molar-refractivity contribution in [2.45, 2.75) is 89.4 Å². The number of nitrogens with zero attached hydrogens (tertiary/aromatic N) is 1. The number of nitrogens with one attached hydrogen (secondary N) is 2. The predicted molar refractivity (Wildman–Crippen MR) is 182 cm³/mol. The number of carbonyl (C=O) groups excluding carboxylic acids is 1. The number of aliphatic hydroxyl groups is 1. The number of carbonyl (C=O) groups is 1. The summed E-state index contributed by atoms with van der Waals surface area (Å²) in [5, 5.41) is 14.9. The van der Waals surface area contributed by atoms with Crippen LogP contribution in [0.15, 0.2) is 36.4 Å². The minimum atomic E-state index is -1.51. The van der Waals surface area contributed by atoms with Crippen molar-refractivity contribution in [3.8, 4) is 5.75 Å². The number of ether oxygens (including phenoxy) is 1.